The van der Waals surface area contributed by atoms with Crippen LogP contribution in [-0.4, -0.2) is 19.1 Å². The van der Waals surface area contributed by atoms with Gasteiger partial charge in [-0.1, -0.05) is 88.8 Å². The SMILES string of the molecule is CCCCCCn1c2ccc(/C=C/c3ccc4c(c3)c3cc(-c5ccncc5)ccc3n4CCCCCC)cc2c2cc(-c3ccncc3)ccc21. The molecular weight excluding hydrogens is 633 g/mol. The molecule has 0 aliphatic rings. The van der Waals surface area contributed by atoms with E-state index in [1.165, 1.54) is 128 Å². The molecule has 0 atom stereocenters. The molecule has 8 aromatic rings. The van der Waals surface area contributed by atoms with Gasteiger partial charge in [0.05, 0.1) is 0 Å². The molecule has 0 N–H and O–H groups in total. The first-order valence-corrected chi connectivity index (χ1v) is 19.3. The van der Waals surface area contributed by atoms with Gasteiger partial charge in [-0.3, -0.25) is 9.97 Å². The Morgan fingerprint density at radius 3 is 1.19 bits per heavy atom. The van der Waals surface area contributed by atoms with Crippen molar-refractivity contribution < 1.29 is 0 Å². The van der Waals surface area contributed by atoms with E-state index >= 15 is 0 Å². The molecule has 52 heavy (non-hydrogen) atoms. The first-order chi connectivity index (χ1) is 25.7. The average Bonchev–Trinajstić information content (AvgIpc) is 3.68. The predicted molar refractivity (Wildman–Crippen MR) is 223 cm³/mol. The smallest absolute Gasteiger partial charge is 0.0491 e. The molecule has 0 aliphatic heterocycles. The van der Waals surface area contributed by atoms with E-state index in [0.29, 0.717) is 0 Å². The first kappa shape index (κ1) is 33.7. The van der Waals surface area contributed by atoms with E-state index in [-0.39, 0.29) is 0 Å². The van der Waals surface area contributed by atoms with Gasteiger partial charge in [-0.25, -0.2) is 0 Å². The molecule has 0 radical (unpaired) electrons. The van der Waals surface area contributed by atoms with Gasteiger partial charge in [0.15, 0.2) is 0 Å². The highest BCUT2D eigenvalue weighted by molar-refractivity contribution is 6.11. The summed E-state index contributed by atoms with van der Waals surface area (Å²) >= 11 is 0. The molecule has 260 valence electrons. The predicted octanol–water partition coefficient (Wildman–Crippen LogP) is 13.4. The third-order valence-corrected chi connectivity index (χ3v) is 10.7. The van der Waals surface area contributed by atoms with Crippen LogP contribution in [-0.2, 0) is 13.1 Å². The van der Waals surface area contributed by atoms with Gasteiger partial charge in [-0.05, 0) is 119 Å². The van der Waals surface area contributed by atoms with Crippen LogP contribution >= 0.6 is 0 Å². The van der Waals surface area contributed by atoms with Gasteiger partial charge in [0.2, 0.25) is 0 Å². The number of hydrogen-bond donors (Lipinski definition) is 0. The molecule has 4 heteroatoms. The second-order valence-electron chi connectivity index (χ2n) is 14.2. The monoisotopic (exact) mass is 680 g/mol. The quantitative estimate of drug-likeness (QED) is 0.0846. The van der Waals surface area contributed by atoms with Crippen LogP contribution in [0, 0.1) is 0 Å². The fourth-order valence-corrected chi connectivity index (χ4v) is 7.97. The lowest BCUT2D eigenvalue weighted by atomic mass is 10.0. The number of aromatic nitrogens is 4. The van der Waals surface area contributed by atoms with Crippen LogP contribution in [0.4, 0.5) is 0 Å². The molecule has 4 aromatic carbocycles. The molecule has 0 fully saturated rings. The summed E-state index contributed by atoms with van der Waals surface area (Å²) in [5.41, 5.74) is 12.5. The zero-order chi connectivity index (χ0) is 35.3. The fraction of sp³-hybridized carbons (Fsp3) is 0.250. The Labute approximate surface area is 307 Å². The molecule has 0 unspecified atom stereocenters. The molecule has 0 saturated heterocycles. The summed E-state index contributed by atoms with van der Waals surface area (Å²) in [6.07, 6.45) is 22.1. The maximum atomic E-state index is 4.25. The number of fused-ring (bicyclic) bond motifs is 6. The van der Waals surface area contributed by atoms with Crippen LogP contribution < -0.4 is 0 Å². The summed E-state index contributed by atoms with van der Waals surface area (Å²) in [5.74, 6) is 0. The van der Waals surface area contributed by atoms with E-state index in [4.69, 9.17) is 0 Å². The molecule has 0 bridgehead atoms. The minimum atomic E-state index is 1.04. The van der Waals surface area contributed by atoms with Crippen LogP contribution in [0.3, 0.4) is 0 Å². The van der Waals surface area contributed by atoms with Gasteiger partial charge in [-0.15, -0.1) is 0 Å². The Morgan fingerprint density at radius 2 is 0.788 bits per heavy atom. The highest BCUT2D eigenvalue weighted by Gasteiger charge is 2.14. The Kier molecular flexibility index (Phi) is 9.97. The summed E-state index contributed by atoms with van der Waals surface area (Å²) < 4.78 is 5.08. The minimum Gasteiger partial charge on any atom is -0.340 e. The molecule has 4 nitrogen and oxygen atoms in total. The highest BCUT2D eigenvalue weighted by atomic mass is 15.0. The van der Waals surface area contributed by atoms with E-state index in [1.807, 2.05) is 24.8 Å². The lowest BCUT2D eigenvalue weighted by Crippen LogP contribution is -1.97. The molecule has 0 aliphatic carbocycles. The van der Waals surface area contributed by atoms with Gasteiger partial charge < -0.3 is 9.13 Å². The summed E-state index contributed by atoms with van der Waals surface area (Å²) in [4.78, 5) is 8.49. The second-order valence-corrected chi connectivity index (χ2v) is 14.2. The maximum absolute atomic E-state index is 4.25. The van der Waals surface area contributed by atoms with Crippen molar-refractivity contribution in [3.63, 3.8) is 0 Å². The Bertz CT molecular complexity index is 2310. The standard InChI is InChI=1S/C48H48N4/c1-3-5-7-9-29-51-45-17-13-35(31-41(45)43-33-39(15-19-47(43)51)37-21-25-49-26-22-37)11-12-36-14-18-46-42(32-36)44-34-40(38-23-27-50-28-24-38)16-20-48(44)52(46)30-10-8-6-4-2/h11-28,31-34H,3-10,29-30H2,1-2H3/b12-11+. The van der Waals surface area contributed by atoms with Crippen molar-refractivity contribution in [2.45, 2.75) is 78.3 Å². The van der Waals surface area contributed by atoms with Crippen LogP contribution in [0.15, 0.2) is 122 Å². The summed E-state index contributed by atoms with van der Waals surface area (Å²) in [7, 11) is 0. The first-order valence-electron chi connectivity index (χ1n) is 19.3. The summed E-state index contributed by atoms with van der Waals surface area (Å²) in [6, 6.07) is 36.3. The second kappa shape index (κ2) is 15.4. The molecule has 4 aromatic heterocycles. The minimum absolute atomic E-state index is 1.04. The van der Waals surface area contributed by atoms with Crippen molar-refractivity contribution in [3.05, 3.63) is 133 Å². The van der Waals surface area contributed by atoms with Crippen molar-refractivity contribution in [2.75, 3.05) is 0 Å². The molecule has 0 saturated carbocycles. The molecule has 0 spiro atoms. The number of pyridine rings is 2. The Balaban J connectivity index is 1.17. The Hall–Kier alpha value is -5.48. The van der Waals surface area contributed by atoms with Crippen molar-refractivity contribution in [1.82, 2.24) is 19.1 Å². The lowest BCUT2D eigenvalue weighted by Gasteiger charge is -2.08. The van der Waals surface area contributed by atoms with E-state index < -0.39 is 0 Å². The topological polar surface area (TPSA) is 35.6 Å². The number of rotatable bonds is 14. The van der Waals surface area contributed by atoms with E-state index in [1.54, 1.807) is 0 Å². The number of aryl methyl sites for hydroxylation is 2. The van der Waals surface area contributed by atoms with Crippen LogP contribution in [0.5, 0.6) is 0 Å². The van der Waals surface area contributed by atoms with Gasteiger partial charge in [0.1, 0.15) is 0 Å². The zero-order valence-corrected chi connectivity index (χ0v) is 30.6. The van der Waals surface area contributed by atoms with Crippen LogP contribution in [0.1, 0.15) is 76.3 Å². The molecule has 8 rings (SSSR count). The van der Waals surface area contributed by atoms with E-state index in [9.17, 15) is 0 Å². The van der Waals surface area contributed by atoms with Crippen LogP contribution in [0.2, 0.25) is 0 Å². The Morgan fingerprint density at radius 1 is 0.404 bits per heavy atom. The normalized spacial score (nSPS) is 12.0. The third kappa shape index (κ3) is 6.78. The van der Waals surface area contributed by atoms with Crippen molar-refractivity contribution in [1.29, 1.82) is 0 Å². The lowest BCUT2D eigenvalue weighted by molar-refractivity contribution is 0.602. The van der Waals surface area contributed by atoms with Crippen molar-refractivity contribution in [3.8, 4) is 22.3 Å². The molecular formula is C48H48N4. The summed E-state index contributed by atoms with van der Waals surface area (Å²) in [5, 5.41) is 5.25. The van der Waals surface area contributed by atoms with Gasteiger partial charge in [-0.2, -0.15) is 0 Å². The zero-order valence-electron chi connectivity index (χ0n) is 30.6. The summed E-state index contributed by atoms with van der Waals surface area (Å²) in [6.45, 7) is 6.64. The van der Waals surface area contributed by atoms with Crippen molar-refractivity contribution >= 4 is 55.8 Å². The third-order valence-electron chi connectivity index (χ3n) is 10.7. The maximum Gasteiger partial charge on any atom is 0.0491 e. The molecule has 0 amide bonds. The fourth-order valence-electron chi connectivity index (χ4n) is 7.97. The number of benzene rings is 4. The average molecular weight is 681 g/mol. The van der Waals surface area contributed by atoms with Gasteiger partial charge >= 0.3 is 0 Å². The highest BCUT2D eigenvalue weighted by Crippen LogP contribution is 2.36. The van der Waals surface area contributed by atoms with Crippen LogP contribution in [0.25, 0.3) is 78.0 Å². The number of unbranched alkanes of at least 4 members (excludes halogenated alkanes) is 6. The molecule has 4 heterocycles. The largest absolute Gasteiger partial charge is 0.340 e. The van der Waals surface area contributed by atoms with E-state index in [2.05, 4.69) is 142 Å². The number of hydrogen-bond acceptors (Lipinski definition) is 2. The van der Waals surface area contributed by atoms with E-state index in [0.717, 1.165) is 13.1 Å². The van der Waals surface area contributed by atoms with Crippen molar-refractivity contribution in [2.24, 2.45) is 0 Å². The van der Waals surface area contributed by atoms with Gasteiger partial charge in [0.25, 0.3) is 0 Å². The number of nitrogens with zero attached hydrogens (tertiary/aromatic N) is 4. The van der Waals surface area contributed by atoms with Gasteiger partial charge in [0, 0.05) is 81.5 Å².